The molecule has 8 nitrogen and oxygen atoms in total. The molecule has 0 saturated carbocycles. The lowest BCUT2D eigenvalue weighted by Gasteiger charge is -2.27. The van der Waals surface area contributed by atoms with Crippen LogP contribution in [0.25, 0.3) is 0 Å². The number of benzene rings is 1. The minimum absolute atomic E-state index is 0.0146. The van der Waals surface area contributed by atoms with Crippen molar-refractivity contribution in [3.8, 4) is 11.5 Å². The molecule has 0 aliphatic carbocycles. The van der Waals surface area contributed by atoms with Crippen molar-refractivity contribution in [3.63, 3.8) is 0 Å². The summed E-state index contributed by atoms with van der Waals surface area (Å²) < 4.78 is 41.9. The predicted molar refractivity (Wildman–Crippen MR) is 112 cm³/mol. The fraction of sp³-hybridized carbons (Fsp3) is 0.455. The first-order valence-corrected chi connectivity index (χ1v) is 12.0. The first-order valence-electron chi connectivity index (χ1n) is 10.2. The molecule has 2 unspecified atom stereocenters. The highest BCUT2D eigenvalue weighted by atomic mass is 32.2. The Morgan fingerprint density at radius 2 is 1.94 bits per heavy atom. The monoisotopic (exact) mass is 447 g/mol. The van der Waals surface area contributed by atoms with Gasteiger partial charge in [0.25, 0.3) is 0 Å². The maximum Gasteiger partial charge on any atom is 0.310 e. The normalized spacial score (nSPS) is 21.6. The van der Waals surface area contributed by atoms with E-state index in [-0.39, 0.29) is 29.8 Å². The second-order valence-electron chi connectivity index (χ2n) is 8.02. The van der Waals surface area contributed by atoms with Crippen LogP contribution in [0.3, 0.4) is 0 Å². The standard InChI is InChI=1S/C22H25NO7S/c1-14-9-18(19(24)12-29-22(25)16-7-8-31(26,27)13-16)15(2)23(14)10-17-11-28-20-5-3-4-6-21(20)30-17/h3-6,9,16-17H,7-8,10-13H2,1-2H3. The number of aromatic nitrogens is 1. The number of carbonyl (C=O) groups excluding carboxylic acids is 2. The molecule has 1 fully saturated rings. The van der Waals surface area contributed by atoms with E-state index in [1.807, 2.05) is 42.7 Å². The van der Waals surface area contributed by atoms with Crippen LogP contribution in [0.5, 0.6) is 11.5 Å². The van der Waals surface area contributed by atoms with Gasteiger partial charge < -0.3 is 18.8 Å². The number of hydrogen-bond donors (Lipinski definition) is 0. The molecule has 2 atom stereocenters. The Bertz CT molecular complexity index is 1120. The molecule has 3 heterocycles. The van der Waals surface area contributed by atoms with Crippen molar-refractivity contribution in [2.45, 2.75) is 32.9 Å². The summed E-state index contributed by atoms with van der Waals surface area (Å²) in [6, 6.07) is 9.25. The van der Waals surface area contributed by atoms with Gasteiger partial charge in [-0.1, -0.05) is 12.1 Å². The topological polar surface area (TPSA) is 101 Å². The van der Waals surface area contributed by atoms with Gasteiger partial charge in [0.1, 0.15) is 6.61 Å². The number of hydrogen-bond acceptors (Lipinski definition) is 7. The first-order chi connectivity index (χ1) is 14.7. The second-order valence-corrected chi connectivity index (χ2v) is 10.3. The molecule has 9 heteroatoms. The molecule has 0 amide bonds. The molecule has 2 aliphatic rings. The van der Waals surface area contributed by atoms with E-state index >= 15 is 0 Å². The average Bonchev–Trinajstić information content (AvgIpc) is 3.25. The lowest BCUT2D eigenvalue weighted by atomic mass is 10.1. The summed E-state index contributed by atoms with van der Waals surface area (Å²) in [5.74, 6) is -0.447. The number of ether oxygens (including phenoxy) is 3. The van der Waals surface area contributed by atoms with Crippen molar-refractivity contribution in [1.82, 2.24) is 4.57 Å². The van der Waals surface area contributed by atoms with Gasteiger partial charge in [0.2, 0.25) is 5.78 Å². The Hall–Kier alpha value is -2.81. The SMILES string of the molecule is Cc1cc(C(=O)COC(=O)C2CCS(=O)(=O)C2)c(C)n1CC1COc2ccccc2O1. The Balaban J connectivity index is 1.38. The number of ketones is 1. The third kappa shape index (κ3) is 4.61. The van der Waals surface area contributed by atoms with Crippen LogP contribution in [0.4, 0.5) is 0 Å². The zero-order valence-electron chi connectivity index (χ0n) is 17.5. The Kier molecular flexibility index (Phi) is 5.79. The number of Topliss-reactive ketones (excluding diaryl/α,β-unsaturated/α-hetero) is 1. The molecular weight excluding hydrogens is 422 g/mol. The molecule has 0 radical (unpaired) electrons. The largest absolute Gasteiger partial charge is 0.486 e. The highest BCUT2D eigenvalue weighted by Crippen LogP contribution is 2.31. The molecule has 0 spiro atoms. The van der Waals surface area contributed by atoms with E-state index in [1.54, 1.807) is 6.07 Å². The number of sulfone groups is 1. The number of rotatable bonds is 6. The van der Waals surface area contributed by atoms with Crippen molar-refractivity contribution in [3.05, 3.63) is 47.3 Å². The number of esters is 1. The Morgan fingerprint density at radius 1 is 1.19 bits per heavy atom. The summed E-state index contributed by atoms with van der Waals surface area (Å²) in [6.45, 7) is 4.24. The van der Waals surface area contributed by atoms with E-state index in [2.05, 4.69) is 0 Å². The number of carbonyl (C=O) groups is 2. The Labute approximate surface area is 181 Å². The van der Waals surface area contributed by atoms with Gasteiger partial charge in [-0.3, -0.25) is 9.59 Å². The second kappa shape index (κ2) is 8.37. The van der Waals surface area contributed by atoms with Gasteiger partial charge in [-0.2, -0.15) is 0 Å². The summed E-state index contributed by atoms with van der Waals surface area (Å²) in [5, 5.41) is 0. The molecular formula is C22H25NO7S. The summed E-state index contributed by atoms with van der Waals surface area (Å²) >= 11 is 0. The molecule has 4 rings (SSSR count). The van der Waals surface area contributed by atoms with E-state index in [4.69, 9.17) is 14.2 Å². The van der Waals surface area contributed by atoms with Crippen LogP contribution in [-0.2, 0) is 25.9 Å². The quantitative estimate of drug-likeness (QED) is 0.494. The van der Waals surface area contributed by atoms with Crippen LogP contribution in [0.2, 0.25) is 0 Å². The zero-order valence-corrected chi connectivity index (χ0v) is 18.3. The van der Waals surface area contributed by atoms with Gasteiger partial charge in [0.15, 0.2) is 34.0 Å². The van der Waals surface area contributed by atoms with Crippen LogP contribution < -0.4 is 9.47 Å². The van der Waals surface area contributed by atoms with Gasteiger partial charge in [0, 0.05) is 17.0 Å². The molecule has 2 aromatic rings. The molecule has 1 saturated heterocycles. The average molecular weight is 448 g/mol. The lowest BCUT2D eigenvalue weighted by molar-refractivity contribution is -0.146. The van der Waals surface area contributed by atoms with E-state index in [0.29, 0.717) is 30.2 Å². The van der Waals surface area contributed by atoms with Crippen molar-refractivity contribution in [2.24, 2.45) is 5.92 Å². The van der Waals surface area contributed by atoms with Crippen LogP contribution in [-0.4, -0.2) is 55.6 Å². The van der Waals surface area contributed by atoms with Crippen LogP contribution >= 0.6 is 0 Å². The van der Waals surface area contributed by atoms with Crippen molar-refractivity contribution >= 4 is 21.6 Å². The smallest absolute Gasteiger partial charge is 0.310 e. The van der Waals surface area contributed by atoms with Gasteiger partial charge in [-0.25, -0.2) is 8.42 Å². The molecule has 1 aromatic carbocycles. The third-order valence-electron chi connectivity index (χ3n) is 5.74. The molecule has 166 valence electrons. The molecule has 31 heavy (non-hydrogen) atoms. The maximum absolute atomic E-state index is 12.7. The van der Waals surface area contributed by atoms with Crippen molar-refractivity contribution < 1.29 is 32.2 Å². The van der Waals surface area contributed by atoms with E-state index in [9.17, 15) is 18.0 Å². The van der Waals surface area contributed by atoms with Crippen molar-refractivity contribution in [2.75, 3.05) is 24.7 Å². The van der Waals surface area contributed by atoms with Gasteiger partial charge in [-0.15, -0.1) is 0 Å². The summed E-state index contributed by atoms with van der Waals surface area (Å²) in [4.78, 5) is 24.8. The molecule has 2 aliphatic heterocycles. The number of para-hydroxylation sites is 2. The fourth-order valence-electron chi connectivity index (χ4n) is 4.03. The van der Waals surface area contributed by atoms with E-state index in [0.717, 1.165) is 11.4 Å². The summed E-state index contributed by atoms with van der Waals surface area (Å²) in [7, 11) is -3.18. The highest BCUT2D eigenvalue weighted by Gasteiger charge is 2.34. The maximum atomic E-state index is 12.7. The number of fused-ring (bicyclic) bond motifs is 1. The number of nitrogens with zero attached hydrogens (tertiary/aromatic N) is 1. The minimum atomic E-state index is -3.18. The van der Waals surface area contributed by atoms with Gasteiger partial charge in [0.05, 0.1) is 24.0 Å². The summed E-state index contributed by atoms with van der Waals surface area (Å²) in [6.07, 6.45) is 0.0426. The summed E-state index contributed by atoms with van der Waals surface area (Å²) in [5.41, 5.74) is 2.11. The first kappa shape index (κ1) is 21.4. The van der Waals surface area contributed by atoms with Crippen LogP contribution in [0.15, 0.2) is 30.3 Å². The molecule has 0 N–H and O–H groups in total. The molecule has 1 aromatic heterocycles. The van der Waals surface area contributed by atoms with E-state index in [1.165, 1.54) is 0 Å². The number of aryl methyl sites for hydroxylation is 1. The van der Waals surface area contributed by atoms with Crippen LogP contribution in [0.1, 0.15) is 28.2 Å². The molecule has 0 bridgehead atoms. The predicted octanol–water partition coefficient (Wildman–Crippen LogP) is 2.11. The van der Waals surface area contributed by atoms with Crippen molar-refractivity contribution in [1.29, 1.82) is 0 Å². The zero-order chi connectivity index (χ0) is 22.2. The fourth-order valence-corrected chi connectivity index (χ4v) is 5.76. The van der Waals surface area contributed by atoms with E-state index < -0.39 is 28.3 Å². The minimum Gasteiger partial charge on any atom is -0.486 e. The van der Waals surface area contributed by atoms with Gasteiger partial charge >= 0.3 is 5.97 Å². The third-order valence-corrected chi connectivity index (χ3v) is 7.51. The van der Waals surface area contributed by atoms with Crippen LogP contribution in [0, 0.1) is 19.8 Å². The highest BCUT2D eigenvalue weighted by molar-refractivity contribution is 7.91. The van der Waals surface area contributed by atoms with Gasteiger partial charge in [-0.05, 0) is 38.5 Å². The lowest BCUT2D eigenvalue weighted by Crippen LogP contribution is -2.33. The Morgan fingerprint density at radius 3 is 2.65 bits per heavy atom.